The average molecular weight is 241 g/mol. The molecule has 0 aliphatic carbocycles. The number of hydrogen-bond donors (Lipinski definition) is 2. The molecule has 1 saturated heterocycles. The third-order valence-corrected chi connectivity index (χ3v) is 3.16. The largest absolute Gasteiger partial charge is 0.323 e. The van der Waals surface area contributed by atoms with Gasteiger partial charge in [0.1, 0.15) is 11.6 Å². The third kappa shape index (κ3) is 2.80. The van der Waals surface area contributed by atoms with E-state index in [0.29, 0.717) is 0 Å². The van der Waals surface area contributed by atoms with Gasteiger partial charge in [-0.05, 0) is 25.2 Å². The third-order valence-electron chi connectivity index (χ3n) is 3.16. The van der Waals surface area contributed by atoms with Crippen LogP contribution in [0.5, 0.6) is 0 Å². The zero-order valence-corrected chi connectivity index (χ0v) is 9.79. The van der Waals surface area contributed by atoms with Gasteiger partial charge in [0.25, 0.3) is 0 Å². The first-order valence-electron chi connectivity index (χ1n) is 5.70. The summed E-state index contributed by atoms with van der Waals surface area (Å²) < 4.78 is 26.7. The van der Waals surface area contributed by atoms with Crippen molar-refractivity contribution in [1.82, 2.24) is 10.2 Å². The highest BCUT2D eigenvalue weighted by Crippen LogP contribution is 2.20. The number of hydrogen-bond acceptors (Lipinski definition) is 3. The van der Waals surface area contributed by atoms with Crippen LogP contribution in [0.3, 0.4) is 0 Å². The van der Waals surface area contributed by atoms with Gasteiger partial charge >= 0.3 is 0 Å². The first-order chi connectivity index (χ1) is 8.08. The Labute approximate surface area is 99.6 Å². The van der Waals surface area contributed by atoms with Crippen molar-refractivity contribution in [3.05, 3.63) is 35.4 Å². The first-order valence-corrected chi connectivity index (χ1v) is 5.70. The maximum absolute atomic E-state index is 13.6. The quantitative estimate of drug-likeness (QED) is 0.807. The van der Waals surface area contributed by atoms with Gasteiger partial charge < -0.3 is 16.0 Å². The van der Waals surface area contributed by atoms with Crippen LogP contribution < -0.4 is 11.1 Å². The molecule has 1 aromatic rings. The highest BCUT2D eigenvalue weighted by atomic mass is 19.1. The fourth-order valence-corrected chi connectivity index (χ4v) is 2.16. The molecule has 0 amide bonds. The molecule has 1 aromatic carbocycles. The highest BCUT2D eigenvalue weighted by Gasteiger charge is 2.25. The lowest BCUT2D eigenvalue weighted by Gasteiger charge is -2.34. The minimum Gasteiger partial charge on any atom is -0.323 e. The number of halogens is 2. The number of likely N-dealkylation sites (N-methyl/N-ethyl adjacent to an activating group) is 1. The Morgan fingerprint density at radius 1 is 1.47 bits per heavy atom. The molecule has 2 rings (SSSR count). The van der Waals surface area contributed by atoms with Gasteiger partial charge in [-0.3, -0.25) is 0 Å². The summed E-state index contributed by atoms with van der Waals surface area (Å²) in [6.45, 7) is 2.48. The normalized spacial score (nSPS) is 23.6. The van der Waals surface area contributed by atoms with E-state index in [2.05, 4.69) is 10.2 Å². The van der Waals surface area contributed by atoms with E-state index < -0.39 is 17.7 Å². The molecule has 0 aromatic heterocycles. The predicted molar refractivity (Wildman–Crippen MR) is 62.6 cm³/mol. The molecule has 5 heteroatoms. The van der Waals surface area contributed by atoms with E-state index in [0.717, 1.165) is 31.8 Å². The second kappa shape index (κ2) is 5.08. The number of nitrogens with one attached hydrogen (secondary N) is 1. The van der Waals surface area contributed by atoms with Crippen molar-refractivity contribution < 1.29 is 8.78 Å². The van der Waals surface area contributed by atoms with E-state index >= 15 is 0 Å². The summed E-state index contributed by atoms with van der Waals surface area (Å²) in [5.74, 6) is -0.907. The molecule has 0 radical (unpaired) electrons. The fraction of sp³-hybridized carbons (Fsp3) is 0.500. The molecule has 0 bridgehead atoms. The minimum absolute atomic E-state index is 0.0509. The fourth-order valence-electron chi connectivity index (χ4n) is 2.16. The molecule has 94 valence electrons. The molecule has 3 nitrogen and oxygen atoms in total. The van der Waals surface area contributed by atoms with Gasteiger partial charge in [-0.15, -0.1) is 0 Å². The topological polar surface area (TPSA) is 41.3 Å². The van der Waals surface area contributed by atoms with E-state index in [-0.39, 0.29) is 11.6 Å². The van der Waals surface area contributed by atoms with Crippen LogP contribution in [0.4, 0.5) is 8.78 Å². The number of benzene rings is 1. The maximum atomic E-state index is 13.6. The molecule has 2 unspecified atom stereocenters. The number of rotatable bonds is 2. The van der Waals surface area contributed by atoms with Gasteiger partial charge in [0, 0.05) is 37.3 Å². The summed E-state index contributed by atoms with van der Waals surface area (Å²) in [5.41, 5.74) is 6.24. The highest BCUT2D eigenvalue weighted by molar-refractivity contribution is 5.23. The molecule has 0 saturated carbocycles. The minimum atomic E-state index is -0.534. The Morgan fingerprint density at radius 3 is 2.94 bits per heavy atom. The molecule has 17 heavy (non-hydrogen) atoms. The van der Waals surface area contributed by atoms with Crippen molar-refractivity contribution in [1.29, 1.82) is 0 Å². The molecular formula is C12H17F2N3. The van der Waals surface area contributed by atoms with Crippen LogP contribution in [0, 0.1) is 11.6 Å². The molecule has 1 aliphatic rings. The Kier molecular flexibility index (Phi) is 3.71. The molecular weight excluding hydrogens is 224 g/mol. The van der Waals surface area contributed by atoms with E-state index in [1.807, 2.05) is 7.05 Å². The lowest BCUT2D eigenvalue weighted by molar-refractivity contribution is 0.218. The van der Waals surface area contributed by atoms with Crippen LogP contribution in [-0.2, 0) is 0 Å². The van der Waals surface area contributed by atoms with Crippen molar-refractivity contribution in [3.63, 3.8) is 0 Å². The summed E-state index contributed by atoms with van der Waals surface area (Å²) in [6.07, 6.45) is 0. The van der Waals surface area contributed by atoms with Crippen LogP contribution in [-0.4, -0.2) is 37.6 Å². The molecule has 1 aliphatic heterocycles. The summed E-state index contributed by atoms with van der Waals surface area (Å²) in [5, 5.41) is 3.24. The zero-order chi connectivity index (χ0) is 12.4. The smallest absolute Gasteiger partial charge is 0.128 e. The van der Waals surface area contributed by atoms with Crippen LogP contribution in [0.2, 0.25) is 0 Å². The van der Waals surface area contributed by atoms with Gasteiger partial charge in [0.05, 0.1) is 0 Å². The summed E-state index contributed by atoms with van der Waals surface area (Å²) in [6, 6.07) is 2.82. The Balaban J connectivity index is 2.18. The van der Waals surface area contributed by atoms with Crippen molar-refractivity contribution in [2.75, 3.05) is 26.7 Å². The van der Waals surface area contributed by atoms with Crippen LogP contribution in [0.15, 0.2) is 18.2 Å². The summed E-state index contributed by atoms with van der Waals surface area (Å²) in [7, 11) is 1.99. The zero-order valence-electron chi connectivity index (χ0n) is 9.79. The standard InChI is InChI=1S/C12H17F2N3/c1-17-5-4-16-11(7-17)12(15)9-6-8(13)2-3-10(9)14/h2-3,6,11-12,16H,4-5,7,15H2,1H3. The molecule has 1 fully saturated rings. The molecule has 2 atom stereocenters. The van der Waals surface area contributed by atoms with Crippen LogP contribution >= 0.6 is 0 Å². The van der Waals surface area contributed by atoms with Gasteiger partial charge in [-0.2, -0.15) is 0 Å². The Hall–Kier alpha value is -1.04. The number of nitrogens with two attached hydrogens (primary N) is 1. The Morgan fingerprint density at radius 2 is 2.24 bits per heavy atom. The molecule has 0 spiro atoms. The van der Waals surface area contributed by atoms with Crippen LogP contribution in [0.1, 0.15) is 11.6 Å². The molecule has 1 heterocycles. The van der Waals surface area contributed by atoms with E-state index in [1.54, 1.807) is 0 Å². The summed E-state index contributed by atoms with van der Waals surface area (Å²) >= 11 is 0. The van der Waals surface area contributed by atoms with Crippen molar-refractivity contribution in [3.8, 4) is 0 Å². The first kappa shape index (κ1) is 12.4. The lowest BCUT2D eigenvalue weighted by atomic mass is 9.98. The SMILES string of the molecule is CN1CCNC(C(N)c2cc(F)ccc2F)C1. The van der Waals surface area contributed by atoms with Crippen molar-refractivity contribution >= 4 is 0 Å². The average Bonchev–Trinajstić information content (AvgIpc) is 2.31. The lowest BCUT2D eigenvalue weighted by Crippen LogP contribution is -2.53. The second-order valence-electron chi connectivity index (χ2n) is 4.51. The van der Waals surface area contributed by atoms with Crippen molar-refractivity contribution in [2.24, 2.45) is 5.73 Å². The van der Waals surface area contributed by atoms with Gasteiger partial charge in [-0.25, -0.2) is 8.78 Å². The number of nitrogens with zero attached hydrogens (tertiary/aromatic N) is 1. The Bertz CT molecular complexity index is 397. The van der Waals surface area contributed by atoms with E-state index in [9.17, 15) is 8.78 Å². The van der Waals surface area contributed by atoms with Crippen LogP contribution in [0.25, 0.3) is 0 Å². The van der Waals surface area contributed by atoms with Gasteiger partial charge in [-0.1, -0.05) is 0 Å². The predicted octanol–water partition coefficient (Wildman–Crippen LogP) is 0.868. The maximum Gasteiger partial charge on any atom is 0.128 e. The van der Waals surface area contributed by atoms with Gasteiger partial charge in [0.15, 0.2) is 0 Å². The van der Waals surface area contributed by atoms with Gasteiger partial charge in [0.2, 0.25) is 0 Å². The number of piperazine rings is 1. The van der Waals surface area contributed by atoms with E-state index in [1.165, 1.54) is 6.07 Å². The molecule has 3 N–H and O–H groups in total. The van der Waals surface area contributed by atoms with E-state index in [4.69, 9.17) is 5.73 Å². The summed E-state index contributed by atoms with van der Waals surface area (Å²) in [4.78, 5) is 2.12. The van der Waals surface area contributed by atoms with Crippen molar-refractivity contribution in [2.45, 2.75) is 12.1 Å². The second-order valence-corrected chi connectivity index (χ2v) is 4.51. The monoisotopic (exact) mass is 241 g/mol.